The number of carboxylic acids is 1. The number of nitrogens with zero attached hydrogens (tertiary/aromatic N) is 2. The summed E-state index contributed by atoms with van der Waals surface area (Å²) in [7, 11) is 0. The number of rotatable bonds is 4. The molecule has 1 aliphatic rings. The van der Waals surface area contributed by atoms with E-state index in [-0.39, 0.29) is 0 Å². The van der Waals surface area contributed by atoms with Gasteiger partial charge in [0.25, 0.3) is 0 Å². The van der Waals surface area contributed by atoms with Gasteiger partial charge in [-0.1, -0.05) is 24.3 Å². The number of hydrogen-bond donors (Lipinski definition) is 1. The summed E-state index contributed by atoms with van der Waals surface area (Å²) in [4.78, 5) is 22.1. The third kappa shape index (κ3) is 3.66. The number of aliphatic carboxylic acids is 1. The average molecular weight is 441 g/mol. The van der Waals surface area contributed by atoms with E-state index in [1.54, 1.807) is 0 Å². The van der Waals surface area contributed by atoms with Gasteiger partial charge in [0.1, 0.15) is 0 Å². The SMILES string of the molecule is Cc1ccc2c(-c3ccc4c5c(ccnc35)CC4)c([C@H](OC(C)(C)C)C(=O)O)c(C)nc2c1. The van der Waals surface area contributed by atoms with E-state index in [0.717, 1.165) is 46.0 Å². The molecule has 0 aliphatic heterocycles. The van der Waals surface area contributed by atoms with E-state index in [4.69, 9.17) is 14.7 Å². The standard InChI is InChI=1S/C28H28N2O3/c1-15-6-10-19-21(14-15)30-16(2)22(26(27(31)32)33-28(3,4)5)24(19)20-11-9-17-7-8-18-12-13-29-25(20)23(17)18/h6,9-14,26H,7-8H2,1-5H3,(H,31,32)/t26-/m0/s1. The molecule has 1 aliphatic carbocycles. The first kappa shape index (κ1) is 21.5. The molecule has 33 heavy (non-hydrogen) atoms. The Bertz CT molecular complexity index is 1420. The van der Waals surface area contributed by atoms with Gasteiger partial charge in [-0.3, -0.25) is 9.97 Å². The fourth-order valence-electron chi connectivity index (χ4n) is 5.01. The second kappa shape index (κ2) is 7.63. The smallest absolute Gasteiger partial charge is 0.337 e. The quantitative estimate of drug-likeness (QED) is 0.415. The molecule has 0 fully saturated rings. The molecule has 5 nitrogen and oxygen atoms in total. The molecule has 2 aromatic heterocycles. The van der Waals surface area contributed by atoms with Gasteiger partial charge in [-0.2, -0.15) is 0 Å². The zero-order valence-electron chi connectivity index (χ0n) is 19.7. The number of carboxylic acid groups (broad SMARTS) is 1. The highest BCUT2D eigenvalue weighted by Crippen LogP contribution is 2.43. The van der Waals surface area contributed by atoms with Crippen molar-refractivity contribution in [2.75, 3.05) is 0 Å². The Morgan fingerprint density at radius 2 is 1.79 bits per heavy atom. The number of aryl methyl sites for hydroxylation is 4. The van der Waals surface area contributed by atoms with Gasteiger partial charge in [0.2, 0.25) is 0 Å². The number of fused-ring (bicyclic) bond motifs is 1. The molecule has 0 amide bonds. The van der Waals surface area contributed by atoms with Crippen LogP contribution in [0.25, 0.3) is 32.9 Å². The molecule has 4 aromatic rings. The van der Waals surface area contributed by atoms with E-state index in [9.17, 15) is 9.90 Å². The summed E-state index contributed by atoms with van der Waals surface area (Å²) < 4.78 is 6.11. The maximum absolute atomic E-state index is 12.5. The molecule has 0 bridgehead atoms. The van der Waals surface area contributed by atoms with Gasteiger partial charge in [0.15, 0.2) is 6.10 Å². The summed E-state index contributed by atoms with van der Waals surface area (Å²) in [5.74, 6) is -1.03. The highest BCUT2D eigenvalue weighted by molar-refractivity contribution is 6.07. The van der Waals surface area contributed by atoms with Gasteiger partial charge in [0, 0.05) is 39.4 Å². The number of aromatic nitrogens is 2. The molecule has 0 saturated heterocycles. The van der Waals surface area contributed by atoms with Crippen LogP contribution in [0.15, 0.2) is 42.6 Å². The lowest BCUT2D eigenvalue weighted by molar-refractivity contribution is -0.160. The Morgan fingerprint density at radius 3 is 2.48 bits per heavy atom. The second-order valence-corrected chi connectivity index (χ2v) is 9.92. The van der Waals surface area contributed by atoms with Crippen LogP contribution in [0.3, 0.4) is 0 Å². The minimum atomic E-state index is -1.15. The lowest BCUT2D eigenvalue weighted by Crippen LogP contribution is -2.28. The first-order valence-corrected chi connectivity index (χ1v) is 11.4. The lowest BCUT2D eigenvalue weighted by atomic mass is 9.88. The van der Waals surface area contributed by atoms with Gasteiger partial charge < -0.3 is 9.84 Å². The molecule has 1 atom stereocenters. The first-order chi connectivity index (χ1) is 15.6. The van der Waals surface area contributed by atoms with Crippen molar-refractivity contribution >= 4 is 27.8 Å². The number of benzene rings is 2. The van der Waals surface area contributed by atoms with Crippen LogP contribution < -0.4 is 0 Å². The molecule has 2 aromatic carbocycles. The van der Waals surface area contributed by atoms with Crippen molar-refractivity contribution in [1.29, 1.82) is 0 Å². The van der Waals surface area contributed by atoms with E-state index < -0.39 is 17.7 Å². The minimum absolute atomic E-state index is 0.592. The number of hydrogen-bond acceptors (Lipinski definition) is 4. The highest BCUT2D eigenvalue weighted by Gasteiger charge is 2.33. The molecule has 5 rings (SSSR count). The van der Waals surface area contributed by atoms with Crippen LogP contribution >= 0.6 is 0 Å². The Balaban J connectivity index is 1.92. The van der Waals surface area contributed by atoms with Crippen LogP contribution in [0, 0.1) is 13.8 Å². The number of pyridine rings is 2. The number of carbonyl (C=O) groups is 1. The monoisotopic (exact) mass is 440 g/mol. The molecular formula is C28H28N2O3. The van der Waals surface area contributed by atoms with Crippen molar-refractivity contribution in [3.8, 4) is 11.1 Å². The Kier molecular flexibility index (Phi) is 4.98. The van der Waals surface area contributed by atoms with Gasteiger partial charge in [-0.25, -0.2) is 4.79 Å². The molecule has 0 saturated carbocycles. The summed E-state index contributed by atoms with van der Waals surface area (Å²) in [6.07, 6.45) is 2.72. The summed E-state index contributed by atoms with van der Waals surface area (Å²) in [6, 6.07) is 12.5. The predicted octanol–water partition coefficient (Wildman–Crippen LogP) is 6.11. The van der Waals surface area contributed by atoms with Crippen molar-refractivity contribution < 1.29 is 14.6 Å². The van der Waals surface area contributed by atoms with Crippen LogP contribution in [0.5, 0.6) is 0 Å². The average Bonchev–Trinajstić information content (AvgIpc) is 3.16. The normalized spacial score (nSPS) is 14.2. The predicted molar refractivity (Wildman–Crippen MR) is 131 cm³/mol. The first-order valence-electron chi connectivity index (χ1n) is 11.4. The topological polar surface area (TPSA) is 72.3 Å². The van der Waals surface area contributed by atoms with Crippen LogP contribution in [-0.4, -0.2) is 26.6 Å². The maximum atomic E-state index is 12.5. The lowest BCUT2D eigenvalue weighted by Gasteiger charge is -2.28. The Hall–Kier alpha value is -3.31. The molecule has 1 N–H and O–H groups in total. The molecule has 0 spiro atoms. The van der Waals surface area contributed by atoms with E-state index in [1.165, 1.54) is 16.5 Å². The molecule has 5 heteroatoms. The van der Waals surface area contributed by atoms with E-state index in [0.29, 0.717) is 11.3 Å². The third-order valence-corrected chi connectivity index (χ3v) is 6.33. The van der Waals surface area contributed by atoms with Crippen molar-refractivity contribution in [2.45, 2.75) is 59.2 Å². The largest absolute Gasteiger partial charge is 0.479 e. The molecular weight excluding hydrogens is 412 g/mol. The molecule has 2 heterocycles. The van der Waals surface area contributed by atoms with E-state index >= 15 is 0 Å². The zero-order valence-corrected chi connectivity index (χ0v) is 19.7. The van der Waals surface area contributed by atoms with Gasteiger partial charge in [0.05, 0.1) is 16.6 Å². The fourth-order valence-corrected chi connectivity index (χ4v) is 5.01. The van der Waals surface area contributed by atoms with Crippen LogP contribution in [0.4, 0.5) is 0 Å². The third-order valence-electron chi connectivity index (χ3n) is 6.33. The maximum Gasteiger partial charge on any atom is 0.337 e. The fraction of sp³-hybridized carbons (Fsp3) is 0.321. The molecule has 0 unspecified atom stereocenters. The summed E-state index contributed by atoms with van der Waals surface area (Å²) in [5, 5.41) is 12.3. The van der Waals surface area contributed by atoms with Crippen LogP contribution in [0.1, 0.15) is 54.8 Å². The summed E-state index contributed by atoms with van der Waals surface area (Å²) in [5.41, 5.74) is 7.83. The summed E-state index contributed by atoms with van der Waals surface area (Å²) >= 11 is 0. The van der Waals surface area contributed by atoms with Crippen LogP contribution in [-0.2, 0) is 22.4 Å². The molecule has 0 radical (unpaired) electrons. The van der Waals surface area contributed by atoms with Crippen molar-refractivity contribution in [1.82, 2.24) is 9.97 Å². The van der Waals surface area contributed by atoms with Crippen molar-refractivity contribution in [3.63, 3.8) is 0 Å². The van der Waals surface area contributed by atoms with E-state index in [1.807, 2.05) is 59.0 Å². The van der Waals surface area contributed by atoms with Crippen LogP contribution in [0.2, 0.25) is 0 Å². The Labute approximate surface area is 193 Å². The van der Waals surface area contributed by atoms with Crippen molar-refractivity contribution in [3.05, 3.63) is 70.5 Å². The zero-order chi connectivity index (χ0) is 23.5. The van der Waals surface area contributed by atoms with Crippen molar-refractivity contribution in [2.24, 2.45) is 0 Å². The van der Waals surface area contributed by atoms with Gasteiger partial charge >= 0.3 is 5.97 Å². The molecule has 168 valence electrons. The Morgan fingerprint density at radius 1 is 1.06 bits per heavy atom. The second-order valence-electron chi connectivity index (χ2n) is 9.92. The minimum Gasteiger partial charge on any atom is -0.479 e. The number of ether oxygens (including phenoxy) is 1. The highest BCUT2D eigenvalue weighted by atomic mass is 16.5. The summed E-state index contributed by atoms with van der Waals surface area (Å²) in [6.45, 7) is 9.52. The van der Waals surface area contributed by atoms with E-state index in [2.05, 4.69) is 18.2 Å². The van der Waals surface area contributed by atoms with Gasteiger partial charge in [-0.15, -0.1) is 0 Å². The van der Waals surface area contributed by atoms with Gasteiger partial charge in [-0.05, 0) is 76.3 Å².